The van der Waals surface area contributed by atoms with Crippen LogP contribution < -0.4 is 5.73 Å². The van der Waals surface area contributed by atoms with E-state index in [9.17, 15) is 0 Å². The molecule has 4 aromatic rings. The summed E-state index contributed by atoms with van der Waals surface area (Å²) in [5.41, 5.74) is 6.55. The fraction of sp³-hybridized carbons (Fsp3) is 0.250. The lowest BCUT2D eigenvalue weighted by Crippen LogP contribution is -2.34. The van der Waals surface area contributed by atoms with Crippen LogP contribution in [0.5, 0.6) is 0 Å². The minimum Gasteiger partial charge on any atom is -0.446 e. The Hall–Kier alpha value is -2.83. The highest BCUT2D eigenvalue weighted by molar-refractivity contribution is 6.33. The minimum atomic E-state index is -0.863. The van der Waals surface area contributed by atoms with E-state index in [1.165, 1.54) is 25.2 Å². The van der Waals surface area contributed by atoms with Crippen LogP contribution in [-0.2, 0) is 9.47 Å². The Morgan fingerprint density at radius 1 is 0.857 bits per heavy atom. The molecule has 4 aromatic heterocycles. The van der Waals surface area contributed by atoms with Crippen molar-refractivity contribution < 1.29 is 28.5 Å². The molecule has 1 fully saturated rings. The molecular weight excluding hydrogens is 394 g/mol. The van der Waals surface area contributed by atoms with E-state index in [1.807, 2.05) is 0 Å². The summed E-state index contributed by atoms with van der Waals surface area (Å²) in [6, 6.07) is 3.47. The maximum absolute atomic E-state index is 8.57. The zero-order chi connectivity index (χ0) is 19.9. The van der Waals surface area contributed by atoms with E-state index in [-0.39, 0.29) is 13.2 Å². The van der Waals surface area contributed by atoms with Crippen LogP contribution >= 0.6 is 11.6 Å². The van der Waals surface area contributed by atoms with Gasteiger partial charge in [-0.2, -0.15) is 0 Å². The molecule has 28 heavy (non-hydrogen) atoms. The number of nitrogens with zero attached hydrogens (tertiary/aromatic N) is 4. The van der Waals surface area contributed by atoms with Crippen LogP contribution in [0, 0.1) is 0 Å². The second kappa shape index (κ2) is 9.39. The quantitative estimate of drug-likeness (QED) is 0.359. The molecule has 1 aliphatic rings. The lowest BCUT2D eigenvalue weighted by atomic mass is 10.4. The van der Waals surface area contributed by atoms with Crippen molar-refractivity contribution >= 4 is 39.6 Å². The van der Waals surface area contributed by atoms with Gasteiger partial charge < -0.3 is 34.3 Å². The molecule has 4 N–H and O–H groups in total. The normalized spacial score (nSPS) is 18.8. The standard InChI is InChI=1S/C6H3ClN2O.C6H5N3O.C4H8O4/c2*7-5-4-1-2-10-6(4)9-3-8-5;5-3-1-7-4(6)2-8-3/h1-3H;1-3H,(H2,7,8,9);3-6H,1-2H2. The van der Waals surface area contributed by atoms with Gasteiger partial charge in [0.2, 0.25) is 11.4 Å². The van der Waals surface area contributed by atoms with Crippen molar-refractivity contribution in [3.8, 4) is 0 Å². The molecular formula is C16H16ClN5O6. The SMILES string of the molecule is Clc1ncnc2occc12.Nc1ncnc2occc12.OC1COC(O)CO1. The van der Waals surface area contributed by atoms with Gasteiger partial charge in [0, 0.05) is 0 Å². The average molecular weight is 410 g/mol. The molecule has 148 valence electrons. The first-order chi connectivity index (χ1) is 13.5. The highest BCUT2D eigenvalue weighted by atomic mass is 35.5. The third kappa shape index (κ3) is 5.12. The number of hydrogen-bond donors (Lipinski definition) is 3. The van der Waals surface area contributed by atoms with Gasteiger partial charge in [0.05, 0.1) is 23.3 Å². The Morgan fingerprint density at radius 3 is 1.93 bits per heavy atom. The van der Waals surface area contributed by atoms with Crippen LogP contribution in [0.25, 0.3) is 22.2 Å². The zero-order valence-electron chi connectivity index (χ0n) is 14.3. The smallest absolute Gasteiger partial charge is 0.231 e. The summed E-state index contributed by atoms with van der Waals surface area (Å²) in [7, 11) is 0. The number of aliphatic hydroxyl groups is 2. The topological polar surface area (TPSA) is 163 Å². The van der Waals surface area contributed by atoms with Gasteiger partial charge in [-0.3, -0.25) is 0 Å². The number of ether oxygens (including phenoxy) is 2. The predicted octanol–water partition coefficient (Wildman–Crippen LogP) is 1.35. The van der Waals surface area contributed by atoms with Gasteiger partial charge in [0.15, 0.2) is 12.6 Å². The summed E-state index contributed by atoms with van der Waals surface area (Å²) >= 11 is 5.69. The van der Waals surface area contributed by atoms with E-state index in [1.54, 1.807) is 12.1 Å². The minimum absolute atomic E-state index is 0.0567. The van der Waals surface area contributed by atoms with Gasteiger partial charge >= 0.3 is 0 Å². The molecule has 0 radical (unpaired) electrons. The summed E-state index contributed by atoms with van der Waals surface area (Å²) in [6.07, 6.45) is 4.09. The largest absolute Gasteiger partial charge is 0.446 e. The first-order valence-electron chi connectivity index (χ1n) is 7.91. The number of anilines is 1. The van der Waals surface area contributed by atoms with Crippen LogP contribution in [0.1, 0.15) is 0 Å². The fourth-order valence-corrected chi connectivity index (χ4v) is 2.24. The Labute approximate surface area is 162 Å². The van der Waals surface area contributed by atoms with E-state index in [0.717, 1.165) is 10.8 Å². The van der Waals surface area contributed by atoms with Crippen molar-refractivity contribution in [2.24, 2.45) is 0 Å². The van der Waals surface area contributed by atoms with E-state index in [0.29, 0.717) is 22.4 Å². The molecule has 0 aliphatic carbocycles. The third-order valence-electron chi connectivity index (χ3n) is 3.37. The Bertz CT molecular complexity index is 935. The lowest BCUT2D eigenvalue weighted by molar-refractivity contribution is -0.263. The van der Waals surface area contributed by atoms with E-state index < -0.39 is 12.6 Å². The highest BCUT2D eigenvalue weighted by Crippen LogP contribution is 2.18. The highest BCUT2D eigenvalue weighted by Gasteiger charge is 2.16. The number of nitrogens with two attached hydrogens (primary N) is 1. The molecule has 5 heterocycles. The zero-order valence-corrected chi connectivity index (χ0v) is 15.1. The molecule has 0 spiro atoms. The molecule has 12 heteroatoms. The molecule has 5 rings (SSSR count). The molecule has 2 atom stereocenters. The van der Waals surface area contributed by atoms with Crippen molar-refractivity contribution in [3.05, 3.63) is 42.5 Å². The monoisotopic (exact) mass is 409 g/mol. The molecule has 11 nitrogen and oxygen atoms in total. The Kier molecular flexibility index (Phi) is 6.68. The van der Waals surface area contributed by atoms with Gasteiger partial charge in [-0.25, -0.2) is 19.9 Å². The summed E-state index contributed by atoms with van der Waals surface area (Å²) in [4.78, 5) is 15.2. The van der Waals surface area contributed by atoms with Crippen LogP contribution in [-0.4, -0.2) is 55.9 Å². The van der Waals surface area contributed by atoms with Crippen LogP contribution in [0.4, 0.5) is 5.82 Å². The number of nitrogen functional groups attached to an aromatic ring is 1. The number of fused-ring (bicyclic) bond motifs is 2. The first-order valence-corrected chi connectivity index (χ1v) is 8.29. The number of halogens is 1. The summed E-state index contributed by atoms with van der Waals surface area (Å²) < 4.78 is 19.1. The van der Waals surface area contributed by atoms with Crippen molar-refractivity contribution in [2.75, 3.05) is 18.9 Å². The van der Waals surface area contributed by atoms with Crippen LogP contribution in [0.15, 0.2) is 46.1 Å². The molecule has 0 aromatic carbocycles. The van der Waals surface area contributed by atoms with Crippen LogP contribution in [0.2, 0.25) is 5.15 Å². The van der Waals surface area contributed by atoms with Crippen molar-refractivity contribution in [1.82, 2.24) is 19.9 Å². The van der Waals surface area contributed by atoms with Crippen molar-refractivity contribution in [2.45, 2.75) is 12.6 Å². The van der Waals surface area contributed by atoms with Gasteiger partial charge in [-0.05, 0) is 12.1 Å². The summed E-state index contributed by atoms with van der Waals surface area (Å²) in [5, 5.41) is 19.1. The average Bonchev–Trinajstić information content (AvgIpc) is 3.36. The molecule has 1 saturated heterocycles. The predicted molar refractivity (Wildman–Crippen MR) is 96.9 cm³/mol. The van der Waals surface area contributed by atoms with E-state index >= 15 is 0 Å². The maximum Gasteiger partial charge on any atom is 0.231 e. The van der Waals surface area contributed by atoms with Crippen molar-refractivity contribution in [3.63, 3.8) is 0 Å². The Balaban J connectivity index is 0.000000122. The van der Waals surface area contributed by atoms with Gasteiger partial charge in [0.1, 0.15) is 36.8 Å². The van der Waals surface area contributed by atoms with Crippen molar-refractivity contribution in [1.29, 1.82) is 0 Å². The fourth-order valence-electron chi connectivity index (χ4n) is 2.05. The number of hydrogen-bond acceptors (Lipinski definition) is 11. The lowest BCUT2D eigenvalue weighted by Gasteiger charge is -2.22. The molecule has 1 aliphatic heterocycles. The number of rotatable bonds is 0. The van der Waals surface area contributed by atoms with Crippen LogP contribution in [0.3, 0.4) is 0 Å². The first kappa shape index (κ1) is 19.9. The maximum atomic E-state index is 8.57. The second-order valence-electron chi connectivity index (χ2n) is 5.28. The van der Waals surface area contributed by atoms with E-state index in [4.69, 9.17) is 36.4 Å². The summed E-state index contributed by atoms with van der Waals surface area (Å²) in [6.45, 7) is 0.113. The number of aromatic nitrogens is 4. The van der Waals surface area contributed by atoms with Gasteiger partial charge in [0.25, 0.3) is 0 Å². The second-order valence-corrected chi connectivity index (χ2v) is 5.64. The van der Waals surface area contributed by atoms with Gasteiger partial charge in [-0.15, -0.1) is 0 Å². The van der Waals surface area contributed by atoms with E-state index in [2.05, 4.69) is 29.4 Å². The third-order valence-corrected chi connectivity index (χ3v) is 3.67. The molecule has 0 saturated carbocycles. The number of furan rings is 2. The molecule has 0 bridgehead atoms. The molecule has 2 unspecified atom stereocenters. The molecule has 0 amide bonds. The number of aliphatic hydroxyl groups excluding tert-OH is 2. The Morgan fingerprint density at radius 2 is 1.39 bits per heavy atom. The summed E-state index contributed by atoms with van der Waals surface area (Å²) in [5.74, 6) is 0.457. The van der Waals surface area contributed by atoms with Gasteiger partial charge in [-0.1, -0.05) is 11.6 Å².